The Labute approximate surface area is 119 Å². The maximum absolute atomic E-state index is 8.25. The highest BCUT2D eigenvalue weighted by Crippen LogP contribution is 2.03. The van der Waals surface area contributed by atoms with E-state index in [1.165, 1.54) is 0 Å². The largest absolute Gasteiger partial charge is 0.356 e. The topological polar surface area (TPSA) is 101 Å². The van der Waals surface area contributed by atoms with Crippen molar-refractivity contribution < 1.29 is 9.77 Å². The highest BCUT2D eigenvalue weighted by Gasteiger charge is 2.13. The summed E-state index contributed by atoms with van der Waals surface area (Å²) < 4.78 is 1.90. The number of hydrogen-bond acceptors (Lipinski definition) is 5. The van der Waals surface area contributed by atoms with E-state index in [0.717, 1.165) is 11.4 Å². The number of hydrogen-bond donors (Lipinski definition) is 0. The van der Waals surface area contributed by atoms with Gasteiger partial charge in [0.25, 0.3) is 6.33 Å². The van der Waals surface area contributed by atoms with Gasteiger partial charge in [-0.05, 0) is 29.1 Å². The van der Waals surface area contributed by atoms with Crippen molar-refractivity contribution in [2.45, 2.75) is 0 Å². The highest BCUT2D eigenvalue weighted by atomic mass is 16.9. The Kier molecular flexibility index (Phi) is 4.54. The molecular weight excluding hydrogens is 274 g/mol. The Balaban J connectivity index is 0.000000361. The Bertz CT molecular complexity index is 642. The molecule has 0 atom stereocenters. The first-order valence-electron chi connectivity index (χ1n) is 5.93. The lowest BCUT2D eigenvalue weighted by atomic mass is 10.3. The number of para-hydroxylation sites is 2. The SMILES string of the molecule is O=[N+]([O-])[O-].c1ccc(-n2nnc[n+]2-c2ccccc2)cc1. The number of nitrogens with zero attached hydrogens (tertiary/aromatic N) is 5. The van der Waals surface area contributed by atoms with Crippen LogP contribution in [0.1, 0.15) is 0 Å². The van der Waals surface area contributed by atoms with Gasteiger partial charge in [0.05, 0.1) is 5.09 Å². The third-order valence-electron chi connectivity index (χ3n) is 2.51. The zero-order chi connectivity index (χ0) is 15.1. The van der Waals surface area contributed by atoms with Crippen LogP contribution in [0, 0.1) is 15.3 Å². The minimum atomic E-state index is -1.75. The van der Waals surface area contributed by atoms with E-state index in [4.69, 9.17) is 15.3 Å². The summed E-state index contributed by atoms with van der Waals surface area (Å²) in [5.74, 6) is 0. The van der Waals surface area contributed by atoms with E-state index in [2.05, 4.69) is 10.3 Å². The zero-order valence-electron chi connectivity index (χ0n) is 10.8. The predicted molar refractivity (Wildman–Crippen MR) is 73.3 cm³/mol. The van der Waals surface area contributed by atoms with Gasteiger partial charge in [-0.3, -0.25) is 0 Å². The van der Waals surface area contributed by atoms with Gasteiger partial charge in [-0.2, -0.15) is 0 Å². The summed E-state index contributed by atoms with van der Waals surface area (Å²) in [6.07, 6.45) is 1.70. The number of aromatic nitrogens is 4. The predicted octanol–water partition coefficient (Wildman–Crippen LogP) is 1.30. The minimum Gasteiger partial charge on any atom is -0.356 e. The summed E-state index contributed by atoms with van der Waals surface area (Å²) in [7, 11) is 0. The lowest BCUT2D eigenvalue weighted by Gasteiger charge is -2.01. The molecule has 0 unspecified atom stereocenters. The molecule has 0 aliphatic heterocycles. The average molecular weight is 285 g/mol. The van der Waals surface area contributed by atoms with Gasteiger partial charge < -0.3 is 15.3 Å². The van der Waals surface area contributed by atoms with Gasteiger partial charge in [-0.15, -0.1) is 4.68 Å². The van der Waals surface area contributed by atoms with Gasteiger partial charge in [0.2, 0.25) is 0 Å². The standard InChI is InChI=1S/C13H11N4.NO3/c1-3-7-12(8-4-1)16-11-14-15-17(16)13-9-5-2-6-10-13;2-1(3)4/h1-11H;/q+1;-1. The number of rotatable bonds is 2. The van der Waals surface area contributed by atoms with Gasteiger partial charge in [0.1, 0.15) is 16.5 Å². The van der Waals surface area contributed by atoms with E-state index in [-0.39, 0.29) is 0 Å². The van der Waals surface area contributed by atoms with Crippen molar-refractivity contribution in [2.75, 3.05) is 0 Å². The van der Waals surface area contributed by atoms with Crippen molar-refractivity contribution in [3.63, 3.8) is 0 Å². The summed E-state index contributed by atoms with van der Waals surface area (Å²) >= 11 is 0. The fourth-order valence-corrected chi connectivity index (χ4v) is 1.71. The van der Waals surface area contributed by atoms with E-state index in [9.17, 15) is 0 Å². The van der Waals surface area contributed by atoms with Crippen molar-refractivity contribution in [3.8, 4) is 11.4 Å². The van der Waals surface area contributed by atoms with Gasteiger partial charge in [-0.1, -0.05) is 36.4 Å². The first-order valence-corrected chi connectivity index (χ1v) is 5.93. The van der Waals surface area contributed by atoms with E-state index in [1.54, 1.807) is 11.1 Å². The molecule has 0 N–H and O–H groups in total. The van der Waals surface area contributed by atoms with Crippen LogP contribution in [0.3, 0.4) is 0 Å². The molecule has 0 fully saturated rings. The molecule has 0 saturated heterocycles. The van der Waals surface area contributed by atoms with Crippen LogP contribution in [-0.2, 0) is 0 Å². The number of tetrazole rings is 1. The molecule has 8 heteroatoms. The first kappa shape index (κ1) is 14.1. The fraction of sp³-hybridized carbons (Fsp3) is 0. The molecule has 106 valence electrons. The van der Waals surface area contributed by atoms with Crippen LogP contribution in [0.2, 0.25) is 0 Å². The van der Waals surface area contributed by atoms with Gasteiger partial charge in [-0.25, -0.2) is 0 Å². The van der Waals surface area contributed by atoms with Crippen LogP contribution in [-0.4, -0.2) is 20.2 Å². The van der Waals surface area contributed by atoms with E-state index >= 15 is 0 Å². The summed E-state index contributed by atoms with van der Waals surface area (Å²) in [5.41, 5.74) is 2.01. The van der Waals surface area contributed by atoms with Crippen LogP contribution in [0.15, 0.2) is 67.0 Å². The smallest absolute Gasteiger partial charge is 0.294 e. The summed E-state index contributed by atoms with van der Waals surface area (Å²) in [6, 6.07) is 19.9. The quantitative estimate of drug-likeness (QED) is 0.401. The highest BCUT2D eigenvalue weighted by molar-refractivity contribution is 5.28. The molecule has 3 aromatic rings. The van der Waals surface area contributed by atoms with Gasteiger partial charge in [0.15, 0.2) is 5.21 Å². The Morgan fingerprint density at radius 2 is 1.48 bits per heavy atom. The molecule has 1 heterocycles. The lowest BCUT2D eigenvalue weighted by Crippen LogP contribution is -2.39. The normalized spacial score (nSPS) is 9.52. The molecule has 0 aliphatic carbocycles. The van der Waals surface area contributed by atoms with Crippen molar-refractivity contribution >= 4 is 0 Å². The molecule has 0 spiro atoms. The van der Waals surface area contributed by atoms with Crippen LogP contribution in [0.5, 0.6) is 0 Å². The van der Waals surface area contributed by atoms with Crippen molar-refractivity contribution in [1.29, 1.82) is 0 Å². The average Bonchev–Trinajstić information content (AvgIpc) is 2.98. The lowest BCUT2D eigenvalue weighted by molar-refractivity contribution is -0.680. The first-order chi connectivity index (χ1) is 10.2. The zero-order valence-corrected chi connectivity index (χ0v) is 10.8. The number of benzene rings is 2. The van der Waals surface area contributed by atoms with E-state index in [1.807, 2.05) is 65.3 Å². The second kappa shape index (κ2) is 6.75. The Morgan fingerprint density at radius 1 is 0.952 bits per heavy atom. The van der Waals surface area contributed by atoms with Crippen LogP contribution >= 0.6 is 0 Å². The van der Waals surface area contributed by atoms with Gasteiger partial charge in [0, 0.05) is 0 Å². The molecule has 0 radical (unpaired) electrons. The third kappa shape index (κ3) is 3.83. The molecule has 0 aliphatic rings. The second-order valence-corrected chi connectivity index (χ2v) is 3.85. The van der Waals surface area contributed by atoms with Crippen LogP contribution < -0.4 is 4.68 Å². The molecule has 21 heavy (non-hydrogen) atoms. The van der Waals surface area contributed by atoms with Crippen molar-refractivity contribution in [3.05, 3.63) is 82.3 Å². The van der Waals surface area contributed by atoms with Crippen molar-refractivity contribution in [2.24, 2.45) is 0 Å². The third-order valence-corrected chi connectivity index (χ3v) is 2.51. The summed E-state index contributed by atoms with van der Waals surface area (Å²) in [5, 5.41) is 22.8. The van der Waals surface area contributed by atoms with Crippen LogP contribution in [0.4, 0.5) is 0 Å². The molecule has 3 rings (SSSR count). The molecular formula is C13H11N5O3. The molecule has 1 aromatic heterocycles. The molecule has 2 aromatic carbocycles. The molecule has 0 amide bonds. The second-order valence-electron chi connectivity index (χ2n) is 3.85. The Morgan fingerprint density at radius 3 is 2.05 bits per heavy atom. The Hall–Kier alpha value is -3.29. The van der Waals surface area contributed by atoms with E-state index < -0.39 is 5.09 Å². The molecule has 0 saturated carbocycles. The van der Waals surface area contributed by atoms with Crippen LogP contribution in [0.25, 0.3) is 11.4 Å². The maximum atomic E-state index is 8.25. The summed E-state index contributed by atoms with van der Waals surface area (Å²) in [6.45, 7) is 0. The van der Waals surface area contributed by atoms with E-state index in [0.29, 0.717) is 0 Å². The molecule has 0 bridgehead atoms. The molecule has 8 nitrogen and oxygen atoms in total. The van der Waals surface area contributed by atoms with Crippen molar-refractivity contribution in [1.82, 2.24) is 15.1 Å². The van der Waals surface area contributed by atoms with Gasteiger partial charge >= 0.3 is 0 Å². The fourth-order valence-electron chi connectivity index (χ4n) is 1.71. The monoisotopic (exact) mass is 285 g/mol. The summed E-state index contributed by atoms with van der Waals surface area (Å²) in [4.78, 5) is 10.0. The maximum Gasteiger partial charge on any atom is 0.294 e. The minimum absolute atomic E-state index is 0.980.